The quantitative estimate of drug-likeness (QED) is 0.877. The molecule has 2 aromatic rings. The van der Waals surface area contributed by atoms with Gasteiger partial charge in [0.15, 0.2) is 0 Å². The summed E-state index contributed by atoms with van der Waals surface area (Å²) in [4.78, 5) is 16.6. The average Bonchev–Trinajstić information content (AvgIpc) is 2.65. The molecule has 1 N–H and O–H groups in total. The summed E-state index contributed by atoms with van der Waals surface area (Å²) in [6.07, 6.45) is 0.454. The van der Waals surface area contributed by atoms with Crippen LogP contribution in [0.4, 0.5) is 10.1 Å². The zero-order valence-electron chi connectivity index (χ0n) is 14.3. The molecule has 0 aromatic heterocycles. The second kappa shape index (κ2) is 8.62. The highest BCUT2D eigenvalue weighted by Crippen LogP contribution is 2.11. The maximum Gasteiger partial charge on any atom is 0.224 e. The second-order valence-corrected chi connectivity index (χ2v) is 6.33. The lowest BCUT2D eigenvalue weighted by Crippen LogP contribution is -2.48. The van der Waals surface area contributed by atoms with Gasteiger partial charge in [-0.1, -0.05) is 30.3 Å². The summed E-state index contributed by atoms with van der Waals surface area (Å²) in [6, 6.07) is 16.6. The molecule has 3 rings (SSSR count). The maximum atomic E-state index is 12.9. The molecule has 0 saturated carbocycles. The molecule has 5 heteroatoms. The van der Waals surface area contributed by atoms with E-state index in [4.69, 9.17) is 0 Å². The highest BCUT2D eigenvalue weighted by Gasteiger charge is 2.20. The normalized spacial score (nSPS) is 15.2. The third-order valence-electron chi connectivity index (χ3n) is 4.49. The number of carbonyl (C=O) groups excluding carboxylic acids is 1. The van der Waals surface area contributed by atoms with Gasteiger partial charge in [-0.25, -0.2) is 4.39 Å². The van der Waals surface area contributed by atoms with Crippen molar-refractivity contribution in [3.8, 4) is 0 Å². The fraction of sp³-hybridized carbons (Fsp3) is 0.350. The van der Waals surface area contributed by atoms with Gasteiger partial charge in [0.05, 0.1) is 0 Å². The zero-order chi connectivity index (χ0) is 17.5. The van der Waals surface area contributed by atoms with Crippen LogP contribution in [0, 0.1) is 5.82 Å². The van der Waals surface area contributed by atoms with Gasteiger partial charge in [0.2, 0.25) is 5.91 Å². The number of hydrogen-bond donors (Lipinski definition) is 1. The van der Waals surface area contributed by atoms with Crippen LogP contribution in [0.2, 0.25) is 0 Å². The van der Waals surface area contributed by atoms with E-state index in [0.29, 0.717) is 13.0 Å². The minimum Gasteiger partial charge on any atom is -0.385 e. The summed E-state index contributed by atoms with van der Waals surface area (Å²) in [6.45, 7) is 4.88. The van der Waals surface area contributed by atoms with Crippen molar-refractivity contribution >= 4 is 11.6 Å². The lowest BCUT2D eigenvalue weighted by atomic mass is 10.2. The molecule has 1 aliphatic rings. The Labute approximate surface area is 148 Å². The number of rotatable bonds is 6. The number of carbonyl (C=O) groups is 1. The van der Waals surface area contributed by atoms with Crippen LogP contribution in [-0.4, -0.2) is 48.4 Å². The number of piperazine rings is 1. The molecule has 0 bridgehead atoms. The summed E-state index contributed by atoms with van der Waals surface area (Å²) in [5, 5.41) is 3.16. The summed E-state index contributed by atoms with van der Waals surface area (Å²) in [5.74, 6) is -0.0797. The van der Waals surface area contributed by atoms with E-state index < -0.39 is 0 Å². The molecule has 1 heterocycles. The van der Waals surface area contributed by atoms with Crippen molar-refractivity contribution in [2.75, 3.05) is 38.0 Å². The van der Waals surface area contributed by atoms with Gasteiger partial charge in [0, 0.05) is 51.4 Å². The molecule has 2 aromatic carbocycles. The van der Waals surface area contributed by atoms with Crippen molar-refractivity contribution in [1.82, 2.24) is 9.80 Å². The number of nitrogens with one attached hydrogen (secondary N) is 1. The van der Waals surface area contributed by atoms with Crippen LogP contribution < -0.4 is 5.32 Å². The van der Waals surface area contributed by atoms with E-state index in [1.807, 2.05) is 11.0 Å². The standard InChI is InChI=1S/C20H24FN3O/c21-18-6-8-19(9-7-18)22-11-10-20(25)24-14-12-23(13-15-24)16-17-4-2-1-3-5-17/h1-9,22H,10-16H2. The molecule has 0 spiro atoms. The number of benzene rings is 2. The van der Waals surface area contributed by atoms with E-state index in [-0.39, 0.29) is 11.7 Å². The Balaban J connectivity index is 1.37. The number of amides is 1. The van der Waals surface area contributed by atoms with Crippen LogP contribution in [0.25, 0.3) is 0 Å². The van der Waals surface area contributed by atoms with E-state index in [2.05, 4.69) is 34.5 Å². The van der Waals surface area contributed by atoms with Gasteiger partial charge in [-0.05, 0) is 29.8 Å². The SMILES string of the molecule is O=C(CCNc1ccc(F)cc1)N1CCN(Cc2ccccc2)CC1. The molecule has 25 heavy (non-hydrogen) atoms. The van der Waals surface area contributed by atoms with Gasteiger partial charge >= 0.3 is 0 Å². The molecule has 1 fully saturated rings. The van der Waals surface area contributed by atoms with Gasteiger partial charge in [-0.3, -0.25) is 9.69 Å². The third kappa shape index (κ3) is 5.29. The summed E-state index contributed by atoms with van der Waals surface area (Å²) in [7, 11) is 0. The summed E-state index contributed by atoms with van der Waals surface area (Å²) in [5.41, 5.74) is 2.15. The van der Waals surface area contributed by atoms with Crippen molar-refractivity contribution < 1.29 is 9.18 Å². The number of halogens is 1. The van der Waals surface area contributed by atoms with Crippen molar-refractivity contribution in [3.05, 3.63) is 66.0 Å². The predicted molar refractivity (Wildman–Crippen MR) is 97.8 cm³/mol. The first-order valence-electron chi connectivity index (χ1n) is 8.74. The molecular weight excluding hydrogens is 317 g/mol. The fourth-order valence-corrected chi connectivity index (χ4v) is 3.04. The van der Waals surface area contributed by atoms with Crippen LogP contribution in [0.3, 0.4) is 0 Å². The van der Waals surface area contributed by atoms with Crippen LogP contribution >= 0.6 is 0 Å². The van der Waals surface area contributed by atoms with Crippen molar-refractivity contribution in [1.29, 1.82) is 0 Å². The molecule has 1 saturated heterocycles. The van der Waals surface area contributed by atoms with Crippen LogP contribution in [0.15, 0.2) is 54.6 Å². The number of nitrogens with zero attached hydrogens (tertiary/aromatic N) is 2. The van der Waals surface area contributed by atoms with Crippen LogP contribution in [-0.2, 0) is 11.3 Å². The first kappa shape index (κ1) is 17.4. The van der Waals surface area contributed by atoms with Crippen molar-refractivity contribution in [3.63, 3.8) is 0 Å². The van der Waals surface area contributed by atoms with Crippen LogP contribution in [0.5, 0.6) is 0 Å². The van der Waals surface area contributed by atoms with Gasteiger partial charge in [0.1, 0.15) is 5.82 Å². The smallest absolute Gasteiger partial charge is 0.224 e. The first-order valence-corrected chi connectivity index (χ1v) is 8.74. The van der Waals surface area contributed by atoms with E-state index in [9.17, 15) is 9.18 Å². The Kier molecular flexibility index (Phi) is 6.01. The number of anilines is 1. The Bertz CT molecular complexity index is 667. The fourth-order valence-electron chi connectivity index (χ4n) is 3.04. The van der Waals surface area contributed by atoms with Gasteiger partial charge in [-0.2, -0.15) is 0 Å². The van der Waals surface area contributed by atoms with Gasteiger partial charge in [0.25, 0.3) is 0 Å². The van der Waals surface area contributed by atoms with E-state index in [0.717, 1.165) is 38.4 Å². The van der Waals surface area contributed by atoms with E-state index in [1.165, 1.54) is 17.7 Å². The molecule has 0 atom stereocenters. The Hall–Kier alpha value is -2.40. The van der Waals surface area contributed by atoms with E-state index >= 15 is 0 Å². The summed E-state index contributed by atoms with van der Waals surface area (Å²) < 4.78 is 12.9. The monoisotopic (exact) mass is 341 g/mol. The molecule has 4 nitrogen and oxygen atoms in total. The maximum absolute atomic E-state index is 12.9. The first-order chi connectivity index (χ1) is 12.2. The Morgan fingerprint density at radius 2 is 1.64 bits per heavy atom. The molecule has 0 unspecified atom stereocenters. The highest BCUT2D eigenvalue weighted by atomic mass is 19.1. The molecule has 0 radical (unpaired) electrons. The second-order valence-electron chi connectivity index (χ2n) is 6.33. The lowest BCUT2D eigenvalue weighted by Gasteiger charge is -2.34. The van der Waals surface area contributed by atoms with Gasteiger partial charge < -0.3 is 10.2 Å². The third-order valence-corrected chi connectivity index (χ3v) is 4.49. The van der Waals surface area contributed by atoms with Crippen molar-refractivity contribution in [2.45, 2.75) is 13.0 Å². The molecule has 0 aliphatic carbocycles. The minimum absolute atomic E-state index is 0.175. The minimum atomic E-state index is -0.255. The van der Waals surface area contributed by atoms with Gasteiger partial charge in [-0.15, -0.1) is 0 Å². The number of hydrogen-bond acceptors (Lipinski definition) is 3. The average molecular weight is 341 g/mol. The zero-order valence-corrected chi connectivity index (χ0v) is 14.3. The largest absolute Gasteiger partial charge is 0.385 e. The highest BCUT2D eigenvalue weighted by molar-refractivity contribution is 5.76. The topological polar surface area (TPSA) is 35.6 Å². The molecular formula is C20H24FN3O. The summed E-state index contributed by atoms with van der Waals surface area (Å²) >= 11 is 0. The molecule has 1 amide bonds. The Morgan fingerprint density at radius 3 is 2.32 bits per heavy atom. The predicted octanol–water partition coefficient (Wildman–Crippen LogP) is 2.97. The van der Waals surface area contributed by atoms with Crippen molar-refractivity contribution in [2.24, 2.45) is 0 Å². The molecule has 132 valence electrons. The van der Waals surface area contributed by atoms with E-state index in [1.54, 1.807) is 12.1 Å². The lowest BCUT2D eigenvalue weighted by molar-refractivity contribution is -0.132. The van der Waals surface area contributed by atoms with Crippen LogP contribution in [0.1, 0.15) is 12.0 Å². The molecule has 1 aliphatic heterocycles. The Morgan fingerprint density at radius 1 is 0.960 bits per heavy atom.